The van der Waals surface area contributed by atoms with Crippen LogP contribution in [0.1, 0.15) is 12.5 Å². The third kappa shape index (κ3) is 2.37. The molecule has 1 aromatic rings. The van der Waals surface area contributed by atoms with E-state index < -0.39 is 12.0 Å². The highest BCUT2D eigenvalue weighted by Gasteiger charge is 2.37. The van der Waals surface area contributed by atoms with Crippen molar-refractivity contribution in [2.75, 3.05) is 0 Å². The number of benzene rings is 1. The summed E-state index contributed by atoms with van der Waals surface area (Å²) in [5.74, 6) is -3.17. The second-order valence-corrected chi connectivity index (χ2v) is 4.05. The van der Waals surface area contributed by atoms with Gasteiger partial charge in [-0.05, 0) is 41.6 Å². The Hall–Kier alpha value is -0.230. The minimum absolute atomic E-state index is 0.144. The molecule has 0 spiro atoms. The molecule has 0 bridgehead atoms. The molecule has 0 aliphatic rings. The van der Waals surface area contributed by atoms with Crippen LogP contribution in [0.15, 0.2) is 24.3 Å². The van der Waals surface area contributed by atoms with Gasteiger partial charge < -0.3 is 5.11 Å². The highest BCUT2D eigenvalue weighted by molar-refractivity contribution is 14.1. The van der Waals surface area contributed by atoms with Crippen LogP contribution in [-0.4, -0.2) is 11.2 Å². The van der Waals surface area contributed by atoms with Gasteiger partial charge >= 0.3 is 0 Å². The van der Waals surface area contributed by atoms with Crippen LogP contribution in [0.2, 0.25) is 0 Å². The van der Waals surface area contributed by atoms with E-state index in [1.807, 2.05) is 22.6 Å². The highest BCUT2D eigenvalue weighted by Crippen LogP contribution is 2.32. The normalized spacial score (nSPS) is 14.2. The number of hydrogen-bond acceptors (Lipinski definition) is 1. The van der Waals surface area contributed by atoms with Crippen molar-refractivity contribution >= 4 is 22.6 Å². The third-order valence-electron chi connectivity index (χ3n) is 1.73. The van der Waals surface area contributed by atoms with Crippen LogP contribution < -0.4 is 0 Å². The molecule has 0 radical (unpaired) electrons. The average Bonchev–Trinajstić information content (AvgIpc) is 2.04. The molecule has 1 rings (SSSR count). The van der Waals surface area contributed by atoms with Gasteiger partial charge in [0.25, 0.3) is 5.92 Å². The molecule has 1 atom stereocenters. The molecule has 1 N–H and O–H groups in total. The summed E-state index contributed by atoms with van der Waals surface area (Å²) in [5, 5.41) is 8.87. The Morgan fingerprint density at radius 3 is 2.54 bits per heavy atom. The average molecular weight is 298 g/mol. The van der Waals surface area contributed by atoms with Crippen molar-refractivity contribution in [2.45, 2.75) is 19.0 Å². The fourth-order valence-corrected chi connectivity index (χ4v) is 1.48. The van der Waals surface area contributed by atoms with Crippen molar-refractivity contribution in [3.8, 4) is 0 Å². The van der Waals surface area contributed by atoms with Gasteiger partial charge in [0.1, 0.15) is 6.10 Å². The molecule has 0 aromatic heterocycles. The van der Waals surface area contributed by atoms with Crippen LogP contribution in [0.4, 0.5) is 8.78 Å². The number of aliphatic hydroxyl groups is 1. The molecule has 1 aromatic carbocycles. The van der Waals surface area contributed by atoms with Gasteiger partial charge in [-0.25, -0.2) is 0 Å². The monoisotopic (exact) mass is 298 g/mol. The van der Waals surface area contributed by atoms with Crippen LogP contribution in [0.5, 0.6) is 0 Å². The Bertz CT molecular complexity index is 299. The summed E-state index contributed by atoms with van der Waals surface area (Å²) in [6.07, 6.45) is -1.66. The quantitative estimate of drug-likeness (QED) is 0.832. The summed E-state index contributed by atoms with van der Waals surface area (Å²) < 4.78 is 27.1. The lowest BCUT2D eigenvalue weighted by Gasteiger charge is -2.19. The minimum atomic E-state index is -3.17. The molecule has 0 aliphatic heterocycles. The van der Waals surface area contributed by atoms with Gasteiger partial charge in [0.2, 0.25) is 0 Å². The number of halogens is 3. The van der Waals surface area contributed by atoms with Crippen molar-refractivity contribution < 1.29 is 13.9 Å². The Kier molecular flexibility index (Phi) is 3.23. The van der Waals surface area contributed by atoms with E-state index in [2.05, 4.69) is 0 Å². The second-order valence-electron chi connectivity index (χ2n) is 2.81. The molecule has 0 heterocycles. The molecular weight excluding hydrogens is 289 g/mol. The van der Waals surface area contributed by atoms with Crippen LogP contribution in [0.25, 0.3) is 0 Å². The molecule has 0 amide bonds. The van der Waals surface area contributed by atoms with E-state index in [4.69, 9.17) is 5.11 Å². The maximum atomic E-state index is 13.2. The van der Waals surface area contributed by atoms with Crippen LogP contribution in [-0.2, 0) is 5.92 Å². The van der Waals surface area contributed by atoms with Gasteiger partial charge in [-0.15, -0.1) is 0 Å². The van der Waals surface area contributed by atoms with Gasteiger partial charge in [-0.3, -0.25) is 0 Å². The van der Waals surface area contributed by atoms with E-state index >= 15 is 0 Å². The topological polar surface area (TPSA) is 20.2 Å². The smallest absolute Gasteiger partial charge is 0.298 e. The maximum absolute atomic E-state index is 13.2. The largest absolute Gasteiger partial charge is 0.387 e. The molecule has 72 valence electrons. The lowest BCUT2D eigenvalue weighted by atomic mass is 10.0. The maximum Gasteiger partial charge on any atom is 0.298 e. The van der Waals surface area contributed by atoms with E-state index in [1.165, 1.54) is 12.1 Å². The summed E-state index contributed by atoms with van der Waals surface area (Å²) in [6, 6.07) is 5.96. The van der Waals surface area contributed by atoms with Gasteiger partial charge in [-0.2, -0.15) is 8.78 Å². The van der Waals surface area contributed by atoms with Crippen LogP contribution in [0.3, 0.4) is 0 Å². The predicted molar refractivity (Wildman–Crippen MR) is 54.7 cm³/mol. The Labute approximate surface area is 88.9 Å². The third-order valence-corrected chi connectivity index (χ3v) is 2.41. The fraction of sp³-hybridized carbons (Fsp3) is 0.333. The molecule has 0 aliphatic carbocycles. The molecule has 0 fully saturated rings. The summed E-state index contributed by atoms with van der Waals surface area (Å²) in [7, 11) is 0. The molecule has 4 heteroatoms. The number of hydrogen-bond donors (Lipinski definition) is 1. The van der Waals surface area contributed by atoms with E-state index in [0.717, 1.165) is 10.5 Å². The van der Waals surface area contributed by atoms with Crippen molar-refractivity contribution in [1.82, 2.24) is 0 Å². The van der Waals surface area contributed by atoms with Gasteiger partial charge in [0, 0.05) is 9.13 Å². The van der Waals surface area contributed by atoms with E-state index in [-0.39, 0.29) is 5.56 Å². The van der Waals surface area contributed by atoms with Crippen LogP contribution in [0, 0.1) is 3.57 Å². The first kappa shape index (κ1) is 10.8. The number of rotatable bonds is 2. The van der Waals surface area contributed by atoms with Crippen molar-refractivity contribution in [3.63, 3.8) is 0 Å². The van der Waals surface area contributed by atoms with Gasteiger partial charge in [0.05, 0.1) is 0 Å². The van der Waals surface area contributed by atoms with Crippen molar-refractivity contribution in [3.05, 3.63) is 33.4 Å². The van der Waals surface area contributed by atoms with Gasteiger partial charge in [0.15, 0.2) is 0 Å². The van der Waals surface area contributed by atoms with Crippen LogP contribution >= 0.6 is 22.6 Å². The summed E-state index contributed by atoms with van der Waals surface area (Å²) in [4.78, 5) is 0. The number of aliphatic hydroxyl groups excluding tert-OH is 1. The molecule has 0 saturated carbocycles. The molecular formula is C9H9F2IO. The van der Waals surface area contributed by atoms with E-state index in [9.17, 15) is 8.78 Å². The zero-order chi connectivity index (χ0) is 10.1. The number of alkyl halides is 2. The Morgan fingerprint density at radius 1 is 1.46 bits per heavy atom. The lowest BCUT2D eigenvalue weighted by molar-refractivity contribution is -0.106. The Morgan fingerprint density at radius 2 is 2.08 bits per heavy atom. The first-order chi connectivity index (χ1) is 5.94. The lowest BCUT2D eigenvalue weighted by Crippen LogP contribution is -2.27. The summed E-state index contributed by atoms with van der Waals surface area (Å²) >= 11 is 1.95. The second kappa shape index (κ2) is 3.88. The first-order valence-corrected chi connectivity index (χ1v) is 4.84. The molecule has 1 nitrogen and oxygen atoms in total. The van der Waals surface area contributed by atoms with Gasteiger partial charge in [-0.1, -0.05) is 12.1 Å². The van der Waals surface area contributed by atoms with Crippen molar-refractivity contribution in [2.24, 2.45) is 0 Å². The SMILES string of the molecule is C[C@H](O)C(F)(F)c1cccc(I)c1. The zero-order valence-corrected chi connectivity index (χ0v) is 9.13. The van der Waals surface area contributed by atoms with E-state index in [1.54, 1.807) is 12.1 Å². The molecule has 13 heavy (non-hydrogen) atoms. The van der Waals surface area contributed by atoms with E-state index in [0.29, 0.717) is 0 Å². The molecule has 0 unspecified atom stereocenters. The fourth-order valence-electron chi connectivity index (χ4n) is 0.937. The molecule has 0 saturated heterocycles. The minimum Gasteiger partial charge on any atom is -0.387 e. The summed E-state index contributed by atoms with van der Waals surface area (Å²) in [6.45, 7) is 1.08. The predicted octanol–water partition coefficient (Wildman–Crippen LogP) is 2.76. The van der Waals surface area contributed by atoms with Crippen molar-refractivity contribution in [1.29, 1.82) is 0 Å². The highest BCUT2D eigenvalue weighted by atomic mass is 127. The Balaban J connectivity index is 3.07. The summed E-state index contributed by atoms with van der Waals surface area (Å²) in [5.41, 5.74) is -0.144. The standard InChI is InChI=1S/C9H9F2IO/c1-6(13)9(10,11)7-3-2-4-8(12)5-7/h2-6,13H,1H3/t6-/m0/s1. The first-order valence-electron chi connectivity index (χ1n) is 3.76. The zero-order valence-electron chi connectivity index (χ0n) is 6.97.